The molecule has 0 spiro atoms. The van der Waals surface area contributed by atoms with Gasteiger partial charge in [-0.25, -0.2) is 13.4 Å². The zero-order valence-corrected chi connectivity index (χ0v) is 14.7. The summed E-state index contributed by atoms with van der Waals surface area (Å²) in [4.78, 5) is 4.21. The van der Waals surface area contributed by atoms with Crippen molar-refractivity contribution in [3.05, 3.63) is 78.0 Å². The van der Waals surface area contributed by atoms with Gasteiger partial charge in [0, 0.05) is 18.0 Å². The Labute approximate surface area is 156 Å². The maximum atomic E-state index is 12.5. The normalized spacial score (nSPS) is 10.4. The molecule has 132 valence electrons. The lowest BCUT2D eigenvalue weighted by Crippen LogP contribution is -2.13. The molecule has 0 unspecified atom stereocenters. The van der Waals surface area contributed by atoms with Gasteiger partial charge in [-0.3, -0.25) is 4.72 Å². The molecule has 27 heavy (non-hydrogen) atoms. The highest BCUT2D eigenvalue weighted by Crippen LogP contribution is 2.21. The van der Waals surface area contributed by atoms with Crippen molar-refractivity contribution >= 4 is 27.2 Å². The van der Waals surface area contributed by atoms with Crippen LogP contribution < -0.4 is 10.0 Å². The lowest BCUT2D eigenvalue weighted by atomic mass is 10.2. The van der Waals surface area contributed by atoms with Gasteiger partial charge in [0.05, 0.1) is 33.8 Å². The molecule has 0 atom stereocenters. The Kier molecular flexibility index (Phi) is 5.02. The molecule has 0 radical (unpaired) electrons. The topological polar surface area (TPSA) is 119 Å². The fourth-order valence-electron chi connectivity index (χ4n) is 2.26. The van der Waals surface area contributed by atoms with E-state index in [9.17, 15) is 8.42 Å². The SMILES string of the molecule is N#Cc1ccc(Nc2cc(NS(=O)(=O)c3ccc(C#N)cc3)ccn2)cc1. The van der Waals surface area contributed by atoms with Crippen LogP contribution in [0.25, 0.3) is 0 Å². The van der Waals surface area contributed by atoms with E-state index in [-0.39, 0.29) is 4.90 Å². The van der Waals surface area contributed by atoms with Crippen LogP contribution in [0.15, 0.2) is 71.8 Å². The molecule has 7 nitrogen and oxygen atoms in total. The molecule has 0 aliphatic rings. The van der Waals surface area contributed by atoms with Gasteiger partial charge in [0.1, 0.15) is 5.82 Å². The molecule has 0 fully saturated rings. The summed E-state index contributed by atoms with van der Waals surface area (Å²) in [5.74, 6) is 0.444. The molecule has 0 aliphatic carbocycles. The Hall–Kier alpha value is -3.88. The predicted molar refractivity (Wildman–Crippen MR) is 101 cm³/mol. The van der Waals surface area contributed by atoms with E-state index in [1.54, 1.807) is 30.3 Å². The van der Waals surface area contributed by atoms with E-state index in [2.05, 4.69) is 15.0 Å². The Bertz CT molecular complexity index is 1140. The van der Waals surface area contributed by atoms with Crippen LogP contribution in [0.3, 0.4) is 0 Å². The molecule has 1 heterocycles. The number of benzene rings is 2. The summed E-state index contributed by atoms with van der Waals surface area (Å²) in [5, 5.41) is 20.7. The molecule has 3 rings (SSSR count). The third-order valence-corrected chi connectivity index (χ3v) is 4.99. The maximum absolute atomic E-state index is 12.5. The highest BCUT2D eigenvalue weighted by atomic mass is 32.2. The molecule has 1 aromatic heterocycles. The maximum Gasteiger partial charge on any atom is 0.261 e. The number of nitriles is 2. The quantitative estimate of drug-likeness (QED) is 0.706. The van der Waals surface area contributed by atoms with Crippen LogP contribution in [-0.2, 0) is 10.0 Å². The van der Waals surface area contributed by atoms with Gasteiger partial charge in [-0.15, -0.1) is 0 Å². The Balaban J connectivity index is 1.78. The Morgan fingerprint density at radius 3 is 2.00 bits per heavy atom. The van der Waals surface area contributed by atoms with Crippen LogP contribution in [0, 0.1) is 22.7 Å². The molecule has 0 saturated heterocycles. The molecule has 3 aromatic rings. The number of hydrogen-bond acceptors (Lipinski definition) is 6. The first-order valence-electron chi connectivity index (χ1n) is 7.76. The minimum atomic E-state index is -3.79. The van der Waals surface area contributed by atoms with Gasteiger partial charge in [-0.2, -0.15) is 10.5 Å². The standard InChI is InChI=1S/C19H13N5O2S/c20-12-14-1-5-16(6-2-14)23-19-11-17(9-10-22-19)24-27(25,26)18-7-3-15(13-21)4-8-18/h1-11H,(H2,22,23,24). The summed E-state index contributed by atoms with van der Waals surface area (Å²) in [7, 11) is -3.79. The molecule has 0 aliphatic heterocycles. The van der Waals surface area contributed by atoms with Crippen LogP contribution in [0.1, 0.15) is 11.1 Å². The minimum absolute atomic E-state index is 0.0555. The third kappa shape index (κ3) is 4.40. The number of rotatable bonds is 5. The number of sulfonamides is 1. The summed E-state index contributed by atoms with van der Waals surface area (Å²) >= 11 is 0. The van der Waals surface area contributed by atoms with Gasteiger partial charge in [0.15, 0.2) is 0 Å². The minimum Gasteiger partial charge on any atom is -0.340 e. The molecular formula is C19H13N5O2S. The number of aromatic nitrogens is 1. The number of nitrogens with one attached hydrogen (secondary N) is 2. The van der Waals surface area contributed by atoms with Crippen molar-refractivity contribution in [2.75, 3.05) is 10.0 Å². The molecule has 0 saturated carbocycles. The first-order chi connectivity index (χ1) is 13.0. The second kappa shape index (κ2) is 7.56. The van der Waals surface area contributed by atoms with Crippen LogP contribution >= 0.6 is 0 Å². The number of anilines is 3. The van der Waals surface area contributed by atoms with Crippen molar-refractivity contribution in [1.82, 2.24) is 4.98 Å². The van der Waals surface area contributed by atoms with Gasteiger partial charge < -0.3 is 5.32 Å². The molecule has 2 aromatic carbocycles. The summed E-state index contributed by atoms with van der Waals surface area (Å²) in [6.07, 6.45) is 1.47. The molecular weight excluding hydrogens is 362 g/mol. The summed E-state index contributed by atoms with van der Waals surface area (Å²) in [5.41, 5.74) is 1.98. The van der Waals surface area contributed by atoms with E-state index in [4.69, 9.17) is 10.5 Å². The van der Waals surface area contributed by atoms with Crippen LogP contribution in [0.5, 0.6) is 0 Å². The van der Waals surface area contributed by atoms with Crippen molar-refractivity contribution in [2.45, 2.75) is 4.90 Å². The van der Waals surface area contributed by atoms with E-state index in [1.807, 2.05) is 12.1 Å². The fourth-order valence-corrected chi connectivity index (χ4v) is 3.31. The van der Waals surface area contributed by atoms with Gasteiger partial charge in [-0.05, 0) is 54.6 Å². The Morgan fingerprint density at radius 1 is 0.815 bits per heavy atom. The van der Waals surface area contributed by atoms with Crippen molar-refractivity contribution in [3.63, 3.8) is 0 Å². The second-order valence-corrected chi connectivity index (χ2v) is 7.17. The Morgan fingerprint density at radius 2 is 1.41 bits per heavy atom. The average Bonchev–Trinajstić information content (AvgIpc) is 2.68. The lowest BCUT2D eigenvalue weighted by molar-refractivity contribution is 0.601. The van der Waals surface area contributed by atoms with Gasteiger partial charge in [-0.1, -0.05) is 0 Å². The molecule has 0 amide bonds. The van der Waals surface area contributed by atoms with E-state index in [0.29, 0.717) is 28.3 Å². The molecule has 8 heteroatoms. The summed E-state index contributed by atoms with van der Waals surface area (Å²) in [6.45, 7) is 0. The van der Waals surface area contributed by atoms with Crippen LogP contribution in [0.4, 0.5) is 17.2 Å². The first-order valence-corrected chi connectivity index (χ1v) is 9.25. The number of pyridine rings is 1. The second-order valence-electron chi connectivity index (χ2n) is 5.49. The smallest absolute Gasteiger partial charge is 0.261 e. The van der Waals surface area contributed by atoms with Gasteiger partial charge in [0.2, 0.25) is 0 Å². The van der Waals surface area contributed by atoms with Gasteiger partial charge in [0.25, 0.3) is 10.0 Å². The highest BCUT2D eigenvalue weighted by Gasteiger charge is 2.14. The van der Waals surface area contributed by atoms with Crippen LogP contribution in [-0.4, -0.2) is 13.4 Å². The zero-order chi connectivity index (χ0) is 19.3. The van der Waals surface area contributed by atoms with E-state index < -0.39 is 10.0 Å². The van der Waals surface area contributed by atoms with Gasteiger partial charge >= 0.3 is 0 Å². The summed E-state index contributed by atoms with van der Waals surface area (Å²) in [6, 6.07) is 19.5. The summed E-state index contributed by atoms with van der Waals surface area (Å²) < 4.78 is 27.4. The first kappa shape index (κ1) is 17.9. The van der Waals surface area contributed by atoms with E-state index in [1.165, 1.54) is 36.5 Å². The lowest BCUT2D eigenvalue weighted by Gasteiger charge is -2.10. The van der Waals surface area contributed by atoms with E-state index in [0.717, 1.165) is 0 Å². The predicted octanol–water partition coefficient (Wildman–Crippen LogP) is 3.37. The molecule has 2 N–H and O–H groups in total. The van der Waals surface area contributed by atoms with Crippen molar-refractivity contribution in [2.24, 2.45) is 0 Å². The van der Waals surface area contributed by atoms with Crippen LogP contribution in [0.2, 0.25) is 0 Å². The largest absolute Gasteiger partial charge is 0.340 e. The van der Waals surface area contributed by atoms with E-state index >= 15 is 0 Å². The van der Waals surface area contributed by atoms with Crippen molar-refractivity contribution < 1.29 is 8.42 Å². The van der Waals surface area contributed by atoms with Crippen molar-refractivity contribution in [1.29, 1.82) is 10.5 Å². The molecule has 0 bridgehead atoms. The fraction of sp³-hybridized carbons (Fsp3) is 0. The third-order valence-electron chi connectivity index (χ3n) is 3.59. The number of nitrogens with zero attached hydrogens (tertiary/aromatic N) is 3. The highest BCUT2D eigenvalue weighted by molar-refractivity contribution is 7.92. The average molecular weight is 375 g/mol. The zero-order valence-electron chi connectivity index (χ0n) is 13.9. The van der Waals surface area contributed by atoms with Crippen molar-refractivity contribution in [3.8, 4) is 12.1 Å². The number of hydrogen-bond donors (Lipinski definition) is 2. The monoisotopic (exact) mass is 375 g/mol.